The second kappa shape index (κ2) is 11.0. The fourth-order valence-corrected chi connectivity index (χ4v) is 5.93. The Hall–Kier alpha value is -4.85. The lowest BCUT2D eigenvalue weighted by Crippen LogP contribution is -2.22. The van der Waals surface area contributed by atoms with Gasteiger partial charge in [-0.1, -0.05) is 36.4 Å². The highest BCUT2D eigenvalue weighted by atomic mass is 32.2. The zero-order chi connectivity index (χ0) is 32.0. The molecule has 44 heavy (non-hydrogen) atoms. The van der Waals surface area contributed by atoms with E-state index in [0.717, 1.165) is 24.3 Å². The van der Waals surface area contributed by atoms with Crippen LogP contribution < -0.4 is 0 Å². The molecule has 5 rings (SSSR count). The lowest BCUT2D eigenvalue weighted by atomic mass is 9.82. The van der Waals surface area contributed by atoms with E-state index in [-0.39, 0.29) is 22.5 Å². The molecule has 0 saturated carbocycles. The van der Waals surface area contributed by atoms with Crippen molar-refractivity contribution in [2.75, 3.05) is 0 Å². The van der Waals surface area contributed by atoms with Crippen LogP contribution in [0.1, 0.15) is 31.8 Å². The molecule has 1 aliphatic carbocycles. The molecule has 4 aromatic rings. The van der Waals surface area contributed by atoms with Crippen LogP contribution in [0.25, 0.3) is 0 Å². The van der Waals surface area contributed by atoms with Crippen LogP contribution in [0.15, 0.2) is 114 Å². The SMILES string of the molecule is O=C1c2ccccc2C(=O)c2c(/N=N/c3cccc(S(=O)(=O)O)c3)c(S(=O)(=O)O)cc(/N=N/c3cccc(S(=O)(=O)O)c3)c21. The van der Waals surface area contributed by atoms with Crippen molar-refractivity contribution < 1.29 is 48.5 Å². The van der Waals surface area contributed by atoms with Gasteiger partial charge in [0.05, 0.1) is 38.0 Å². The molecular formula is C26H16N4O11S3. The molecule has 0 aliphatic heterocycles. The number of azo groups is 2. The standard InChI is InChI=1S/C26H16N4O11S3/c31-25-18-9-1-2-10-19(18)26(32)23-22(25)20(29-27-14-5-3-7-16(11-14)42(33,34)35)13-21(44(39,40)41)24(23)30-28-15-6-4-8-17(12-15)43(36,37)38/h1-13H,(H,33,34,35)(H,36,37,38)(H,39,40,41)/b29-27+,30-28+. The first-order valence-corrected chi connectivity index (χ1v) is 16.2. The van der Waals surface area contributed by atoms with Gasteiger partial charge in [-0.15, -0.1) is 10.2 Å². The number of carbonyl (C=O) groups excluding carboxylic acids is 2. The molecule has 15 nitrogen and oxygen atoms in total. The summed E-state index contributed by atoms with van der Waals surface area (Å²) in [5.41, 5.74) is -2.97. The Balaban J connectivity index is 1.78. The Morgan fingerprint density at radius 2 is 0.977 bits per heavy atom. The monoisotopic (exact) mass is 656 g/mol. The molecule has 0 unspecified atom stereocenters. The molecule has 4 aromatic carbocycles. The largest absolute Gasteiger partial charge is 0.296 e. The maximum absolute atomic E-state index is 13.7. The average molecular weight is 657 g/mol. The maximum atomic E-state index is 13.7. The van der Waals surface area contributed by atoms with E-state index in [2.05, 4.69) is 20.5 Å². The fraction of sp³-hybridized carbons (Fsp3) is 0. The highest BCUT2D eigenvalue weighted by Gasteiger charge is 2.37. The van der Waals surface area contributed by atoms with Crippen LogP contribution in [0.5, 0.6) is 0 Å². The number of fused-ring (bicyclic) bond motifs is 2. The smallest absolute Gasteiger partial charge is 0.288 e. The number of carbonyl (C=O) groups is 2. The molecule has 0 aromatic heterocycles. The number of benzene rings is 4. The lowest BCUT2D eigenvalue weighted by molar-refractivity contribution is 0.0979. The highest BCUT2D eigenvalue weighted by molar-refractivity contribution is 7.86. The van der Waals surface area contributed by atoms with E-state index in [9.17, 15) is 48.5 Å². The van der Waals surface area contributed by atoms with Crippen LogP contribution in [0.3, 0.4) is 0 Å². The van der Waals surface area contributed by atoms with Gasteiger partial charge < -0.3 is 0 Å². The minimum atomic E-state index is -5.22. The summed E-state index contributed by atoms with van der Waals surface area (Å²) in [4.78, 5) is 25.3. The van der Waals surface area contributed by atoms with E-state index in [1.165, 1.54) is 48.5 Å². The maximum Gasteiger partial charge on any atom is 0.296 e. The van der Waals surface area contributed by atoms with Crippen molar-refractivity contribution in [2.24, 2.45) is 20.5 Å². The lowest BCUT2D eigenvalue weighted by Gasteiger charge is -2.21. The second-order valence-corrected chi connectivity index (χ2v) is 13.2. The van der Waals surface area contributed by atoms with Crippen molar-refractivity contribution in [3.8, 4) is 0 Å². The summed E-state index contributed by atoms with van der Waals surface area (Å²) in [6.07, 6.45) is 0. The van der Waals surface area contributed by atoms with Gasteiger partial charge in [0.2, 0.25) is 0 Å². The molecule has 18 heteroatoms. The Morgan fingerprint density at radius 1 is 0.500 bits per heavy atom. The zero-order valence-electron chi connectivity index (χ0n) is 21.6. The molecule has 3 N–H and O–H groups in total. The molecule has 0 amide bonds. The molecule has 224 valence electrons. The number of hydrogen-bond acceptors (Lipinski definition) is 12. The summed E-state index contributed by atoms with van der Waals surface area (Å²) >= 11 is 0. The first-order valence-electron chi connectivity index (χ1n) is 11.9. The Morgan fingerprint density at radius 3 is 1.45 bits per heavy atom. The second-order valence-electron chi connectivity index (χ2n) is 9.02. The number of nitrogens with zero attached hydrogens (tertiary/aromatic N) is 4. The summed E-state index contributed by atoms with van der Waals surface area (Å²) in [6, 6.07) is 15.1. The molecule has 0 radical (unpaired) electrons. The molecule has 0 saturated heterocycles. The summed E-state index contributed by atoms with van der Waals surface area (Å²) in [5, 5.41) is 15.3. The van der Waals surface area contributed by atoms with Gasteiger partial charge in [-0.25, -0.2) is 0 Å². The topological polar surface area (TPSA) is 247 Å². The van der Waals surface area contributed by atoms with E-state index in [1.807, 2.05) is 0 Å². The molecular weight excluding hydrogens is 641 g/mol. The van der Waals surface area contributed by atoms with Gasteiger partial charge in [-0.3, -0.25) is 23.2 Å². The Labute approximate surface area is 248 Å². The molecule has 0 atom stereocenters. The van der Waals surface area contributed by atoms with E-state index < -0.39 is 79.1 Å². The van der Waals surface area contributed by atoms with Crippen molar-refractivity contribution in [2.45, 2.75) is 14.7 Å². The van der Waals surface area contributed by atoms with Crippen molar-refractivity contribution in [3.63, 3.8) is 0 Å². The van der Waals surface area contributed by atoms with E-state index in [1.54, 1.807) is 0 Å². The van der Waals surface area contributed by atoms with Crippen LogP contribution >= 0.6 is 0 Å². The first-order chi connectivity index (χ1) is 20.6. The number of ketones is 2. The summed E-state index contributed by atoms with van der Waals surface area (Å²) in [6.45, 7) is 0. The Kier molecular flexibility index (Phi) is 7.66. The van der Waals surface area contributed by atoms with Gasteiger partial charge in [0.1, 0.15) is 10.6 Å². The summed E-state index contributed by atoms with van der Waals surface area (Å²) in [7, 11) is -14.5. The van der Waals surface area contributed by atoms with Gasteiger partial charge in [-0.05, 0) is 42.5 Å². The zero-order valence-corrected chi connectivity index (χ0v) is 24.1. The minimum Gasteiger partial charge on any atom is -0.288 e. The predicted molar refractivity (Wildman–Crippen MR) is 150 cm³/mol. The first kappa shape index (κ1) is 30.6. The minimum absolute atomic E-state index is 0.0711. The van der Waals surface area contributed by atoms with Crippen molar-refractivity contribution in [1.82, 2.24) is 0 Å². The molecule has 0 heterocycles. The molecule has 0 spiro atoms. The van der Waals surface area contributed by atoms with Gasteiger partial charge in [0.25, 0.3) is 30.4 Å². The Bertz CT molecular complexity index is 2300. The predicted octanol–water partition coefficient (Wildman–Crippen LogP) is 5.03. The van der Waals surface area contributed by atoms with Crippen molar-refractivity contribution in [1.29, 1.82) is 0 Å². The number of hydrogen-bond donors (Lipinski definition) is 3. The quantitative estimate of drug-likeness (QED) is 0.155. The summed E-state index contributed by atoms with van der Waals surface area (Å²) in [5.74, 6) is -1.70. The van der Waals surface area contributed by atoms with E-state index in [4.69, 9.17) is 0 Å². The highest BCUT2D eigenvalue weighted by Crippen LogP contribution is 2.44. The van der Waals surface area contributed by atoms with Crippen molar-refractivity contribution >= 4 is 64.7 Å². The third-order valence-electron chi connectivity index (χ3n) is 6.16. The van der Waals surface area contributed by atoms with Gasteiger partial charge in [0.15, 0.2) is 11.6 Å². The van der Waals surface area contributed by atoms with Gasteiger partial charge in [-0.2, -0.15) is 35.5 Å². The fourth-order valence-electron chi connectivity index (χ4n) is 4.24. The third kappa shape index (κ3) is 5.97. The van der Waals surface area contributed by atoms with Gasteiger partial charge in [0, 0.05) is 11.1 Å². The molecule has 0 bridgehead atoms. The van der Waals surface area contributed by atoms with Crippen LogP contribution in [0.2, 0.25) is 0 Å². The van der Waals surface area contributed by atoms with Crippen LogP contribution in [-0.4, -0.2) is 50.5 Å². The third-order valence-corrected chi connectivity index (χ3v) is 8.73. The van der Waals surface area contributed by atoms with Crippen molar-refractivity contribution in [3.05, 3.63) is 101 Å². The van der Waals surface area contributed by atoms with Gasteiger partial charge >= 0.3 is 0 Å². The summed E-state index contributed by atoms with van der Waals surface area (Å²) < 4.78 is 99.9. The number of rotatable bonds is 7. The normalized spacial score (nSPS) is 13.8. The van der Waals surface area contributed by atoms with Crippen LogP contribution in [0, 0.1) is 0 Å². The van der Waals surface area contributed by atoms with Crippen LogP contribution in [0.4, 0.5) is 22.7 Å². The van der Waals surface area contributed by atoms with E-state index >= 15 is 0 Å². The van der Waals surface area contributed by atoms with E-state index in [0.29, 0.717) is 6.07 Å². The van der Waals surface area contributed by atoms with Crippen LogP contribution in [-0.2, 0) is 30.4 Å². The molecule has 0 fully saturated rings. The molecule has 1 aliphatic rings. The average Bonchev–Trinajstić information content (AvgIpc) is 2.96.